The molecule has 0 saturated carbocycles. The van der Waals surface area contributed by atoms with Gasteiger partial charge in [0.05, 0.1) is 30.5 Å². The Bertz CT molecular complexity index is 1730. The molecule has 0 bridgehead atoms. The van der Waals surface area contributed by atoms with Crippen LogP contribution in [0.1, 0.15) is 34.7 Å². The normalized spacial score (nSPS) is 16.7. The minimum absolute atomic E-state index is 0.0539. The highest BCUT2D eigenvalue weighted by Gasteiger charge is 2.34. The van der Waals surface area contributed by atoms with E-state index in [9.17, 15) is 4.79 Å². The number of aromatic nitrogens is 1. The lowest BCUT2D eigenvalue weighted by Crippen LogP contribution is -2.38. The molecule has 1 aliphatic carbocycles. The summed E-state index contributed by atoms with van der Waals surface area (Å²) in [5.74, 6) is 1.44. The number of fused-ring (bicyclic) bond motifs is 3. The third-order valence-electron chi connectivity index (χ3n) is 6.94. The van der Waals surface area contributed by atoms with Crippen LogP contribution in [0.15, 0.2) is 94.2 Å². The summed E-state index contributed by atoms with van der Waals surface area (Å²) in [6, 6.07) is 23.9. The largest absolute Gasteiger partial charge is 0.497 e. The van der Waals surface area contributed by atoms with Crippen molar-refractivity contribution < 1.29 is 9.47 Å². The molecular weight excluding hydrogens is 480 g/mol. The number of hydrogen-bond acceptors (Lipinski definition) is 5. The van der Waals surface area contributed by atoms with Gasteiger partial charge in [-0.15, -0.1) is 0 Å². The molecule has 1 aromatic heterocycles. The monoisotopic (exact) mass is 506 g/mol. The summed E-state index contributed by atoms with van der Waals surface area (Å²) in [5.41, 5.74) is 6.44. The van der Waals surface area contributed by atoms with Gasteiger partial charge in [0.25, 0.3) is 5.56 Å². The standard InChI is InChI=1S/C31H26N2O3S/c1-35-22-16-18-26(36-2)25(19-22)29-24-17-15-21-12-6-7-13-23(21)28(24)32-31-33(29)30(34)27(37-31)14-8-11-20-9-4-3-5-10-20/h3-14,16,18-19,29H,15,17H2,1-2H3/b11-8+,27-14-/t29-/m1/s1. The Labute approximate surface area is 219 Å². The van der Waals surface area contributed by atoms with Crippen LogP contribution in [-0.2, 0) is 6.42 Å². The summed E-state index contributed by atoms with van der Waals surface area (Å²) >= 11 is 1.42. The maximum atomic E-state index is 13.9. The zero-order valence-corrected chi connectivity index (χ0v) is 21.5. The number of hydrogen-bond donors (Lipinski definition) is 0. The Balaban J connectivity index is 1.58. The van der Waals surface area contributed by atoms with Crippen LogP contribution in [0.5, 0.6) is 11.5 Å². The molecule has 5 nitrogen and oxygen atoms in total. The van der Waals surface area contributed by atoms with E-state index >= 15 is 0 Å². The number of allylic oxidation sites excluding steroid dienone is 2. The lowest BCUT2D eigenvalue weighted by molar-refractivity contribution is 0.392. The van der Waals surface area contributed by atoms with Gasteiger partial charge in [0.1, 0.15) is 11.5 Å². The quantitative estimate of drug-likeness (QED) is 0.383. The summed E-state index contributed by atoms with van der Waals surface area (Å²) < 4.78 is 13.8. The number of nitrogens with zero attached hydrogens (tertiary/aromatic N) is 2. The number of thiazole rings is 1. The highest BCUT2D eigenvalue weighted by atomic mass is 32.1. The zero-order valence-electron chi connectivity index (χ0n) is 20.7. The van der Waals surface area contributed by atoms with Crippen molar-refractivity contribution in [1.82, 2.24) is 4.57 Å². The molecule has 184 valence electrons. The van der Waals surface area contributed by atoms with Gasteiger partial charge < -0.3 is 9.47 Å². The second kappa shape index (κ2) is 9.71. The summed E-state index contributed by atoms with van der Waals surface area (Å²) in [7, 11) is 3.31. The molecule has 4 aromatic rings. The molecule has 2 aliphatic rings. The zero-order chi connectivity index (χ0) is 25.4. The van der Waals surface area contributed by atoms with Crippen molar-refractivity contribution in [3.05, 3.63) is 126 Å². The average molecular weight is 507 g/mol. The maximum Gasteiger partial charge on any atom is 0.271 e. The van der Waals surface area contributed by atoms with Crippen molar-refractivity contribution in [2.24, 2.45) is 4.99 Å². The Morgan fingerprint density at radius 3 is 2.59 bits per heavy atom. The van der Waals surface area contributed by atoms with E-state index in [0.717, 1.165) is 52.3 Å². The Morgan fingerprint density at radius 1 is 0.973 bits per heavy atom. The van der Waals surface area contributed by atoms with Gasteiger partial charge in [0, 0.05) is 11.1 Å². The van der Waals surface area contributed by atoms with Gasteiger partial charge in [0.2, 0.25) is 0 Å². The van der Waals surface area contributed by atoms with E-state index in [-0.39, 0.29) is 11.6 Å². The average Bonchev–Trinajstić information content (AvgIpc) is 3.26. The number of benzene rings is 3. The minimum Gasteiger partial charge on any atom is -0.497 e. The van der Waals surface area contributed by atoms with Crippen LogP contribution in [0.2, 0.25) is 0 Å². The van der Waals surface area contributed by atoms with E-state index < -0.39 is 0 Å². The fourth-order valence-electron chi connectivity index (χ4n) is 5.18. The first-order valence-electron chi connectivity index (χ1n) is 12.2. The summed E-state index contributed by atoms with van der Waals surface area (Å²) in [5, 5.41) is 0. The van der Waals surface area contributed by atoms with Crippen molar-refractivity contribution in [2.75, 3.05) is 14.2 Å². The van der Waals surface area contributed by atoms with Crippen LogP contribution in [0.4, 0.5) is 0 Å². The number of rotatable bonds is 5. The molecular formula is C31H26N2O3S. The van der Waals surface area contributed by atoms with Gasteiger partial charge in [-0.25, -0.2) is 4.99 Å². The van der Waals surface area contributed by atoms with Gasteiger partial charge in [-0.05, 0) is 53.8 Å². The number of methoxy groups -OCH3 is 2. The first kappa shape index (κ1) is 23.3. The molecule has 37 heavy (non-hydrogen) atoms. The van der Waals surface area contributed by atoms with Gasteiger partial charge in [0.15, 0.2) is 4.80 Å². The summed E-state index contributed by atoms with van der Waals surface area (Å²) in [4.78, 5) is 19.6. The predicted molar refractivity (Wildman–Crippen MR) is 149 cm³/mol. The second-order valence-corrected chi connectivity index (χ2v) is 10.0. The van der Waals surface area contributed by atoms with Crippen LogP contribution in [0.3, 0.4) is 0 Å². The molecule has 3 aromatic carbocycles. The lowest BCUT2D eigenvalue weighted by atomic mass is 9.83. The third kappa shape index (κ3) is 4.13. The molecule has 2 heterocycles. The third-order valence-corrected chi connectivity index (χ3v) is 7.94. The van der Waals surface area contributed by atoms with E-state index in [1.54, 1.807) is 14.2 Å². The van der Waals surface area contributed by atoms with Crippen LogP contribution >= 0.6 is 11.3 Å². The first-order chi connectivity index (χ1) is 18.2. The fraction of sp³-hybridized carbons (Fsp3) is 0.161. The van der Waals surface area contributed by atoms with Gasteiger partial charge >= 0.3 is 0 Å². The van der Waals surface area contributed by atoms with E-state index in [4.69, 9.17) is 14.5 Å². The number of ether oxygens (including phenoxy) is 2. The highest BCUT2D eigenvalue weighted by molar-refractivity contribution is 7.07. The smallest absolute Gasteiger partial charge is 0.271 e. The SMILES string of the molecule is COc1ccc(OC)c([C@H]2C3=C(N=c4s/c(=C\C=C\c5ccccc5)c(=O)n42)c2ccccc2CC3)c1. The van der Waals surface area contributed by atoms with Crippen LogP contribution in [-0.4, -0.2) is 18.8 Å². The molecule has 0 saturated heterocycles. The van der Waals surface area contributed by atoms with Crippen molar-refractivity contribution in [3.63, 3.8) is 0 Å². The molecule has 0 radical (unpaired) electrons. The predicted octanol–water partition coefficient (Wildman–Crippen LogP) is 5.00. The van der Waals surface area contributed by atoms with Gasteiger partial charge in [-0.2, -0.15) is 0 Å². The molecule has 0 amide bonds. The molecule has 1 aliphatic heterocycles. The van der Waals surface area contributed by atoms with Crippen molar-refractivity contribution in [1.29, 1.82) is 0 Å². The van der Waals surface area contributed by atoms with Crippen molar-refractivity contribution in [3.8, 4) is 11.5 Å². The lowest BCUT2D eigenvalue weighted by Gasteiger charge is -2.31. The minimum atomic E-state index is -0.329. The summed E-state index contributed by atoms with van der Waals surface area (Å²) in [6.07, 6.45) is 7.53. The Hall–Kier alpha value is -4.16. The highest BCUT2D eigenvalue weighted by Crippen LogP contribution is 2.44. The first-order valence-corrected chi connectivity index (χ1v) is 13.1. The van der Waals surface area contributed by atoms with Crippen LogP contribution in [0.25, 0.3) is 17.8 Å². The van der Waals surface area contributed by atoms with E-state index in [1.165, 1.54) is 16.9 Å². The fourth-order valence-corrected chi connectivity index (χ4v) is 6.13. The van der Waals surface area contributed by atoms with Crippen molar-refractivity contribution >= 4 is 29.2 Å². The van der Waals surface area contributed by atoms with E-state index in [1.807, 2.05) is 71.3 Å². The summed E-state index contributed by atoms with van der Waals surface area (Å²) in [6.45, 7) is 0. The Morgan fingerprint density at radius 2 is 1.78 bits per heavy atom. The molecule has 0 unspecified atom stereocenters. The molecule has 6 heteroatoms. The van der Waals surface area contributed by atoms with Gasteiger partial charge in [-0.1, -0.05) is 78.1 Å². The number of aryl methyl sites for hydroxylation is 1. The Kier molecular flexibility index (Phi) is 6.10. The second-order valence-electron chi connectivity index (χ2n) is 9.01. The van der Waals surface area contributed by atoms with Crippen LogP contribution in [0, 0.1) is 0 Å². The maximum absolute atomic E-state index is 13.9. The van der Waals surface area contributed by atoms with Crippen LogP contribution < -0.4 is 24.4 Å². The molecule has 0 fully saturated rings. The van der Waals surface area contributed by atoms with E-state index in [2.05, 4.69) is 24.3 Å². The topological polar surface area (TPSA) is 52.8 Å². The molecule has 1 atom stereocenters. The van der Waals surface area contributed by atoms with Gasteiger partial charge in [-0.3, -0.25) is 9.36 Å². The molecule has 0 N–H and O–H groups in total. The molecule has 6 rings (SSSR count). The molecule has 0 spiro atoms. The van der Waals surface area contributed by atoms with E-state index in [0.29, 0.717) is 9.33 Å². The van der Waals surface area contributed by atoms with Crippen molar-refractivity contribution in [2.45, 2.75) is 18.9 Å².